The average Bonchev–Trinajstić information content (AvgIpc) is 2.43. The molecule has 0 bridgehead atoms. The van der Waals surface area contributed by atoms with Crippen molar-refractivity contribution in [3.8, 4) is 0 Å². The Kier molecular flexibility index (Phi) is 5.86. The molecule has 1 aliphatic rings. The predicted molar refractivity (Wildman–Crippen MR) is 76.2 cm³/mol. The Morgan fingerprint density at radius 1 is 1.18 bits per heavy atom. The molecule has 4 nitrogen and oxygen atoms in total. The SMILES string of the molecule is CC1(C(C)(C)NNNC(N)Br)CCCCCC1. The largest absolute Gasteiger partial charge is 0.306 e. The summed E-state index contributed by atoms with van der Waals surface area (Å²) in [7, 11) is 0. The van der Waals surface area contributed by atoms with Crippen molar-refractivity contribution in [1.29, 1.82) is 0 Å². The normalized spacial score (nSPS) is 23.1. The van der Waals surface area contributed by atoms with E-state index in [9.17, 15) is 0 Å². The maximum atomic E-state index is 5.56. The van der Waals surface area contributed by atoms with Gasteiger partial charge in [-0.05, 0) is 32.1 Å². The van der Waals surface area contributed by atoms with Crippen LogP contribution in [0.1, 0.15) is 59.3 Å². The highest BCUT2D eigenvalue weighted by atomic mass is 79.9. The minimum Gasteiger partial charge on any atom is -0.306 e. The van der Waals surface area contributed by atoms with E-state index in [1.807, 2.05) is 0 Å². The quantitative estimate of drug-likeness (QED) is 0.207. The van der Waals surface area contributed by atoms with Gasteiger partial charge in [0.1, 0.15) is 5.08 Å². The molecule has 0 spiro atoms. The lowest BCUT2D eigenvalue weighted by molar-refractivity contribution is 0.0876. The van der Waals surface area contributed by atoms with Crippen molar-refractivity contribution in [3.63, 3.8) is 0 Å². The summed E-state index contributed by atoms with van der Waals surface area (Å²) in [5, 5.41) is -0.243. The number of hydrogen-bond acceptors (Lipinski definition) is 4. The van der Waals surface area contributed by atoms with E-state index in [0.717, 1.165) is 0 Å². The second kappa shape index (κ2) is 6.48. The molecule has 1 saturated carbocycles. The lowest BCUT2D eigenvalue weighted by Crippen LogP contribution is -2.62. The van der Waals surface area contributed by atoms with Crippen LogP contribution in [0.5, 0.6) is 0 Å². The number of nitrogens with two attached hydrogens (primary N) is 1. The Morgan fingerprint density at radius 3 is 2.18 bits per heavy atom. The summed E-state index contributed by atoms with van der Waals surface area (Å²) in [5.74, 6) is 0. The molecule has 17 heavy (non-hydrogen) atoms. The van der Waals surface area contributed by atoms with E-state index in [1.54, 1.807) is 0 Å². The Morgan fingerprint density at radius 2 is 1.71 bits per heavy atom. The van der Waals surface area contributed by atoms with Gasteiger partial charge in [0.15, 0.2) is 0 Å². The molecule has 1 fully saturated rings. The topological polar surface area (TPSA) is 62.1 Å². The molecule has 0 heterocycles. The van der Waals surface area contributed by atoms with Crippen LogP contribution >= 0.6 is 15.9 Å². The van der Waals surface area contributed by atoms with E-state index in [0.29, 0.717) is 5.41 Å². The molecule has 0 aromatic heterocycles. The Balaban J connectivity index is 2.53. The van der Waals surface area contributed by atoms with E-state index in [2.05, 4.69) is 53.1 Å². The van der Waals surface area contributed by atoms with Crippen LogP contribution in [0.4, 0.5) is 0 Å². The summed E-state index contributed by atoms with van der Waals surface area (Å²) in [6.45, 7) is 6.90. The molecule has 5 N–H and O–H groups in total. The molecule has 0 aliphatic heterocycles. The highest BCUT2D eigenvalue weighted by Crippen LogP contribution is 2.42. The zero-order valence-electron chi connectivity index (χ0n) is 11.3. The van der Waals surface area contributed by atoms with Crippen molar-refractivity contribution in [3.05, 3.63) is 0 Å². The highest BCUT2D eigenvalue weighted by Gasteiger charge is 2.40. The number of halogens is 1. The molecular formula is C12H27BrN4. The van der Waals surface area contributed by atoms with Gasteiger partial charge in [-0.15, -0.1) is 0 Å². The molecule has 1 aliphatic carbocycles. The van der Waals surface area contributed by atoms with Crippen molar-refractivity contribution in [2.45, 2.75) is 69.9 Å². The first-order valence-electron chi connectivity index (χ1n) is 6.55. The molecule has 1 unspecified atom stereocenters. The average molecular weight is 307 g/mol. The van der Waals surface area contributed by atoms with Gasteiger partial charge in [-0.2, -0.15) is 5.53 Å². The lowest BCUT2D eigenvalue weighted by Gasteiger charge is -2.45. The van der Waals surface area contributed by atoms with Crippen molar-refractivity contribution < 1.29 is 0 Å². The van der Waals surface area contributed by atoms with E-state index >= 15 is 0 Å². The molecule has 5 heteroatoms. The van der Waals surface area contributed by atoms with E-state index in [4.69, 9.17) is 5.73 Å². The fraction of sp³-hybridized carbons (Fsp3) is 1.00. The van der Waals surface area contributed by atoms with Gasteiger partial charge in [0.25, 0.3) is 0 Å². The smallest absolute Gasteiger partial charge is 0.126 e. The maximum Gasteiger partial charge on any atom is 0.126 e. The molecule has 1 atom stereocenters. The van der Waals surface area contributed by atoms with Gasteiger partial charge in [0.05, 0.1) is 0 Å². The Bertz CT molecular complexity index is 223. The van der Waals surface area contributed by atoms with Crippen molar-refractivity contribution in [1.82, 2.24) is 16.4 Å². The van der Waals surface area contributed by atoms with Crippen LogP contribution in [0, 0.1) is 5.41 Å². The van der Waals surface area contributed by atoms with Crippen LogP contribution in [0.25, 0.3) is 0 Å². The van der Waals surface area contributed by atoms with E-state index in [1.165, 1.54) is 38.5 Å². The second-order valence-corrected chi connectivity index (χ2v) is 6.88. The van der Waals surface area contributed by atoms with Gasteiger partial charge in [-0.3, -0.25) is 0 Å². The zero-order chi connectivity index (χ0) is 12.9. The van der Waals surface area contributed by atoms with Crippen LogP contribution < -0.4 is 22.1 Å². The van der Waals surface area contributed by atoms with Crippen LogP contribution in [-0.4, -0.2) is 10.6 Å². The summed E-state index contributed by atoms with van der Waals surface area (Å²) in [6, 6.07) is 0. The number of alkyl halides is 1. The molecule has 0 aromatic carbocycles. The summed E-state index contributed by atoms with van der Waals surface area (Å²) in [4.78, 5) is 0. The first kappa shape index (κ1) is 15.4. The van der Waals surface area contributed by atoms with Crippen LogP contribution in [0.2, 0.25) is 0 Å². The minimum atomic E-state index is -0.243. The first-order valence-corrected chi connectivity index (χ1v) is 7.46. The van der Waals surface area contributed by atoms with Gasteiger partial charge in [0.2, 0.25) is 0 Å². The number of hydrazine groups is 2. The lowest BCUT2D eigenvalue weighted by atomic mass is 9.68. The summed E-state index contributed by atoms with van der Waals surface area (Å²) < 4.78 is 0. The Labute approximate surface area is 114 Å². The molecule has 0 saturated heterocycles. The van der Waals surface area contributed by atoms with Gasteiger partial charge in [-0.1, -0.05) is 48.5 Å². The number of rotatable bonds is 5. The van der Waals surface area contributed by atoms with Crippen molar-refractivity contribution in [2.75, 3.05) is 0 Å². The van der Waals surface area contributed by atoms with Crippen LogP contribution in [0.15, 0.2) is 0 Å². The third-order valence-electron chi connectivity index (χ3n) is 4.30. The molecular weight excluding hydrogens is 280 g/mol. The Hall–Kier alpha value is 0.320. The standard InChI is InChI=1S/C12H27BrN4/c1-11(2,16-17-15-10(13)14)12(3)8-6-4-5-7-9-12/h10,15-17H,4-9,14H2,1-3H3. The molecule has 0 radical (unpaired) electrons. The number of hydrogen-bond donors (Lipinski definition) is 4. The maximum absolute atomic E-state index is 5.56. The summed E-state index contributed by atoms with van der Waals surface area (Å²) >= 11 is 3.23. The summed E-state index contributed by atoms with van der Waals surface area (Å²) in [5.41, 5.74) is 15.2. The van der Waals surface area contributed by atoms with Gasteiger partial charge in [-0.25, -0.2) is 10.9 Å². The van der Waals surface area contributed by atoms with E-state index in [-0.39, 0.29) is 10.6 Å². The van der Waals surface area contributed by atoms with Crippen molar-refractivity contribution in [2.24, 2.45) is 11.1 Å². The summed E-state index contributed by atoms with van der Waals surface area (Å²) in [6.07, 6.45) is 8.01. The van der Waals surface area contributed by atoms with Gasteiger partial charge < -0.3 is 5.73 Å². The number of nitrogens with one attached hydrogen (secondary N) is 3. The minimum absolute atomic E-state index is 0.0340. The molecule has 0 amide bonds. The second-order valence-electron chi connectivity index (χ2n) is 5.90. The van der Waals surface area contributed by atoms with Crippen LogP contribution in [-0.2, 0) is 0 Å². The fourth-order valence-corrected chi connectivity index (χ4v) is 2.66. The monoisotopic (exact) mass is 306 g/mol. The predicted octanol–water partition coefficient (Wildman–Crippen LogP) is 2.36. The zero-order valence-corrected chi connectivity index (χ0v) is 12.9. The molecule has 1 rings (SSSR count). The van der Waals surface area contributed by atoms with E-state index < -0.39 is 0 Å². The fourth-order valence-electron chi connectivity index (χ4n) is 2.55. The third kappa shape index (κ3) is 4.48. The molecule has 102 valence electrons. The van der Waals surface area contributed by atoms with Gasteiger partial charge >= 0.3 is 0 Å². The first-order chi connectivity index (χ1) is 7.87. The molecule has 0 aromatic rings. The van der Waals surface area contributed by atoms with Crippen molar-refractivity contribution >= 4 is 15.9 Å². The highest BCUT2D eigenvalue weighted by molar-refractivity contribution is 9.09. The van der Waals surface area contributed by atoms with Gasteiger partial charge in [0, 0.05) is 5.54 Å². The van der Waals surface area contributed by atoms with Crippen LogP contribution in [0.3, 0.4) is 0 Å². The third-order valence-corrected chi connectivity index (χ3v) is 4.53.